The summed E-state index contributed by atoms with van der Waals surface area (Å²) in [5.41, 5.74) is 0. The zero-order valence-electron chi connectivity index (χ0n) is 16.4. The third-order valence-corrected chi connectivity index (χ3v) is 4.75. The quantitative estimate of drug-likeness (QED) is 0.251. The summed E-state index contributed by atoms with van der Waals surface area (Å²) in [7, 11) is 0. The maximum Gasteiger partial charge on any atom is 0.186 e. The fraction of sp³-hybridized carbons (Fsp3) is 1.00. The molecule has 27 heavy (non-hydrogen) atoms. The first-order chi connectivity index (χ1) is 13.0. The second-order valence-electron chi connectivity index (χ2n) is 7.23. The van der Waals surface area contributed by atoms with Crippen molar-refractivity contribution in [1.82, 2.24) is 0 Å². The molecule has 1 aliphatic heterocycles. The van der Waals surface area contributed by atoms with Crippen LogP contribution in [0.15, 0.2) is 0 Å². The van der Waals surface area contributed by atoms with Gasteiger partial charge in [0, 0.05) is 6.61 Å². The SMILES string of the molecule is CCCCCCCCCCOCC(O)CO[C@H]1O[C@H](CO)[C@H](O)[C@H](O)[C@H]1O. The third-order valence-electron chi connectivity index (χ3n) is 4.75. The molecule has 162 valence electrons. The van der Waals surface area contributed by atoms with Gasteiger partial charge in [-0.05, 0) is 6.42 Å². The normalized spacial score (nSPS) is 29.8. The Bertz CT molecular complexity index is 355. The summed E-state index contributed by atoms with van der Waals surface area (Å²) in [5.74, 6) is 0. The van der Waals surface area contributed by atoms with Crippen LogP contribution >= 0.6 is 0 Å². The number of aliphatic hydroxyl groups is 5. The van der Waals surface area contributed by atoms with Crippen LogP contribution in [0.3, 0.4) is 0 Å². The zero-order chi connectivity index (χ0) is 20.1. The highest BCUT2D eigenvalue weighted by atomic mass is 16.7. The molecule has 6 atom stereocenters. The van der Waals surface area contributed by atoms with Crippen LogP contribution in [-0.4, -0.2) is 88.8 Å². The topological polar surface area (TPSA) is 129 Å². The molecule has 8 heteroatoms. The Kier molecular flexibility index (Phi) is 13.4. The molecular weight excluding hydrogens is 356 g/mol. The Morgan fingerprint density at radius 2 is 1.48 bits per heavy atom. The Hall–Kier alpha value is -0.320. The smallest absolute Gasteiger partial charge is 0.186 e. The van der Waals surface area contributed by atoms with Gasteiger partial charge in [-0.25, -0.2) is 0 Å². The number of hydrogen-bond donors (Lipinski definition) is 5. The van der Waals surface area contributed by atoms with Crippen molar-refractivity contribution in [2.45, 2.75) is 95.1 Å². The Morgan fingerprint density at radius 3 is 2.11 bits per heavy atom. The summed E-state index contributed by atoms with van der Waals surface area (Å²) >= 11 is 0. The molecule has 0 aromatic carbocycles. The van der Waals surface area contributed by atoms with Crippen molar-refractivity contribution in [3.8, 4) is 0 Å². The largest absolute Gasteiger partial charge is 0.394 e. The van der Waals surface area contributed by atoms with Gasteiger partial charge in [-0.1, -0.05) is 51.9 Å². The summed E-state index contributed by atoms with van der Waals surface area (Å²) in [5, 5.41) is 48.2. The summed E-state index contributed by atoms with van der Waals surface area (Å²) < 4.78 is 15.9. The van der Waals surface area contributed by atoms with Crippen molar-refractivity contribution in [1.29, 1.82) is 0 Å². The highest BCUT2D eigenvalue weighted by Crippen LogP contribution is 2.22. The van der Waals surface area contributed by atoms with Gasteiger partial charge in [-0.15, -0.1) is 0 Å². The minimum absolute atomic E-state index is 0.105. The van der Waals surface area contributed by atoms with E-state index in [1.54, 1.807) is 0 Å². The van der Waals surface area contributed by atoms with Crippen molar-refractivity contribution in [3.05, 3.63) is 0 Å². The monoisotopic (exact) mass is 394 g/mol. The zero-order valence-corrected chi connectivity index (χ0v) is 16.4. The average molecular weight is 395 g/mol. The summed E-state index contributed by atoms with van der Waals surface area (Å²) in [6.45, 7) is 2.22. The molecule has 0 spiro atoms. The van der Waals surface area contributed by atoms with Crippen molar-refractivity contribution in [2.24, 2.45) is 0 Å². The lowest BCUT2D eigenvalue weighted by molar-refractivity contribution is -0.305. The number of unbranched alkanes of at least 4 members (excludes halogenated alkanes) is 7. The van der Waals surface area contributed by atoms with Gasteiger partial charge in [0.1, 0.15) is 30.5 Å². The highest BCUT2D eigenvalue weighted by molar-refractivity contribution is 4.88. The molecule has 0 aromatic rings. The van der Waals surface area contributed by atoms with E-state index in [2.05, 4.69) is 6.92 Å². The minimum Gasteiger partial charge on any atom is -0.394 e. The standard InChI is InChI=1S/C19H38O8/c1-2-3-4-5-6-7-8-9-10-25-12-14(21)13-26-19-18(24)17(23)16(22)15(11-20)27-19/h14-24H,2-13H2,1H3/t14?,15-,16+,17+,18-,19+/m1/s1. The predicted molar refractivity (Wildman–Crippen MR) is 99.2 cm³/mol. The second kappa shape index (κ2) is 14.6. The minimum atomic E-state index is -1.49. The molecule has 0 amide bonds. The van der Waals surface area contributed by atoms with E-state index >= 15 is 0 Å². The van der Waals surface area contributed by atoms with Crippen LogP contribution in [0, 0.1) is 0 Å². The van der Waals surface area contributed by atoms with Crippen LogP contribution in [0.5, 0.6) is 0 Å². The Balaban J connectivity index is 2.06. The molecule has 1 unspecified atom stereocenters. The molecule has 1 saturated heterocycles. The molecule has 1 fully saturated rings. The van der Waals surface area contributed by atoms with Gasteiger partial charge < -0.3 is 39.7 Å². The average Bonchev–Trinajstić information content (AvgIpc) is 2.67. The number of rotatable bonds is 15. The lowest BCUT2D eigenvalue weighted by Gasteiger charge is -2.39. The van der Waals surface area contributed by atoms with Crippen molar-refractivity contribution in [3.63, 3.8) is 0 Å². The van der Waals surface area contributed by atoms with E-state index in [0.29, 0.717) is 6.61 Å². The van der Waals surface area contributed by atoms with E-state index in [9.17, 15) is 20.4 Å². The summed E-state index contributed by atoms with van der Waals surface area (Å²) in [6.07, 6.45) is 2.18. The van der Waals surface area contributed by atoms with Crippen LogP contribution in [0.2, 0.25) is 0 Å². The van der Waals surface area contributed by atoms with E-state index in [-0.39, 0.29) is 13.2 Å². The second-order valence-corrected chi connectivity index (χ2v) is 7.23. The molecule has 0 aromatic heterocycles. The number of hydrogen-bond acceptors (Lipinski definition) is 8. The number of aliphatic hydroxyl groups excluding tert-OH is 5. The third kappa shape index (κ3) is 9.62. The van der Waals surface area contributed by atoms with E-state index in [1.165, 1.54) is 38.5 Å². The molecule has 1 aliphatic rings. The first kappa shape index (κ1) is 24.7. The Morgan fingerprint density at radius 1 is 0.852 bits per heavy atom. The molecule has 5 N–H and O–H groups in total. The van der Waals surface area contributed by atoms with Gasteiger partial charge in [0.05, 0.1) is 19.8 Å². The lowest BCUT2D eigenvalue weighted by Crippen LogP contribution is -2.59. The molecule has 8 nitrogen and oxygen atoms in total. The van der Waals surface area contributed by atoms with E-state index in [0.717, 1.165) is 12.8 Å². The molecule has 0 aliphatic carbocycles. The van der Waals surface area contributed by atoms with Crippen LogP contribution in [0.25, 0.3) is 0 Å². The van der Waals surface area contributed by atoms with Gasteiger partial charge in [0.2, 0.25) is 0 Å². The van der Waals surface area contributed by atoms with E-state index in [4.69, 9.17) is 19.3 Å². The molecule has 0 radical (unpaired) electrons. The van der Waals surface area contributed by atoms with E-state index < -0.39 is 43.4 Å². The van der Waals surface area contributed by atoms with Crippen LogP contribution in [-0.2, 0) is 14.2 Å². The molecule has 1 heterocycles. The summed E-state index contributed by atoms with van der Waals surface area (Å²) in [4.78, 5) is 0. The molecular formula is C19H38O8. The maximum atomic E-state index is 9.88. The van der Waals surface area contributed by atoms with Crippen molar-refractivity contribution < 1.29 is 39.7 Å². The van der Waals surface area contributed by atoms with Crippen molar-refractivity contribution in [2.75, 3.05) is 26.4 Å². The maximum absolute atomic E-state index is 9.88. The Labute approximate surface area is 162 Å². The summed E-state index contributed by atoms with van der Waals surface area (Å²) in [6, 6.07) is 0. The van der Waals surface area contributed by atoms with Gasteiger partial charge >= 0.3 is 0 Å². The van der Waals surface area contributed by atoms with E-state index in [1.807, 2.05) is 0 Å². The first-order valence-electron chi connectivity index (χ1n) is 10.2. The van der Waals surface area contributed by atoms with Crippen molar-refractivity contribution >= 4 is 0 Å². The fourth-order valence-corrected chi connectivity index (χ4v) is 3.02. The number of ether oxygens (including phenoxy) is 3. The van der Waals surface area contributed by atoms with Gasteiger partial charge in [0.25, 0.3) is 0 Å². The van der Waals surface area contributed by atoms with Crippen LogP contribution in [0.4, 0.5) is 0 Å². The van der Waals surface area contributed by atoms with Gasteiger partial charge in [-0.3, -0.25) is 0 Å². The predicted octanol–water partition coefficient (Wildman–Crippen LogP) is 0.321. The molecule has 1 rings (SSSR count). The highest BCUT2D eigenvalue weighted by Gasteiger charge is 2.44. The lowest BCUT2D eigenvalue weighted by atomic mass is 9.99. The van der Waals surface area contributed by atoms with Gasteiger partial charge in [0.15, 0.2) is 6.29 Å². The first-order valence-corrected chi connectivity index (χ1v) is 10.2. The fourth-order valence-electron chi connectivity index (χ4n) is 3.02. The van der Waals surface area contributed by atoms with Crippen LogP contribution < -0.4 is 0 Å². The van der Waals surface area contributed by atoms with Crippen LogP contribution in [0.1, 0.15) is 58.3 Å². The molecule has 0 bridgehead atoms. The van der Waals surface area contributed by atoms with Gasteiger partial charge in [-0.2, -0.15) is 0 Å². The molecule has 0 saturated carbocycles.